The van der Waals surface area contributed by atoms with E-state index in [-0.39, 0.29) is 16.9 Å². The summed E-state index contributed by atoms with van der Waals surface area (Å²) in [4.78, 5) is 0. The lowest BCUT2D eigenvalue weighted by Crippen LogP contribution is -2.14. The summed E-state index contributed by atoms with van der Waals surface area (Å²) in [5.74, 6) is 0.0437. The summed E-state index contributed by atoms with van der Waals surface area (Å²) in [6.45, 7) is 0. The van der Waals surface area contributed by atoms with Gasteiger partial charge in [-0.05, 0) is 40.8 Å². The normalized spacial score (nSPS) is 18.3. The number of rotatable bonds is 2. The molecule has 0 bridgehead atoms. The van der Waals surface area contributed by atoms with Crippen LogP contribution in [0, 0.1) is 11.7 Å². The van der Waals surface area contributed by atoms with E-state index in [1.807, 2.05) is 0 Å². The van der Waals surface area contributed by atoms with Gasteiger partial charge in [0.25, 0.3) is 0 Å². The molecule has 4 heteroatoms. The van der Waals surface area contributed by atoms with Crippen LogP contribution >= 0.6 is 27.5 Å². The first-order valence-electron chi connectivity index (χ1n) is 4.50. The lowest BCUT2D eigenvalue weighted by molar-refractivity contribution is 0.553. The third-order valence-corrected chi connectivity index (χ3v) is 3.81. The van der Waals surface area contributed by atoms with E-state index in [0.29, 0.717) is 16.0 Å². The predicted molar refractivity (Wildman–Crippen MR) is 58.8 cm³/mol. The van der Waals surface area contributed by atoms with Gasteiger partial charge in [-0.1, -0.05) is 17.7 Å². The topological polar surface area (TPSA) is 26.0 Å². The highest BCUT2D eigenvalue weighted by Gasteiger charge is 2.31. The van der Waals surface area contributed by atoms with Crippen molar-refractivity contribution in [2.75, 3.05) is 0 Å². The molecule has 2 rings (SSSR count). The van der Waals surface area contributed by atoms with E-state index < -0.39 is 0 Å². The Morgan fingerprint density at radius 3 is 2.71 bits per heavy atom. The van der Waals surface area contributed by atoms with E-state index in [4.69, 9.17) is 17.3 Å². The highest BCUT2D eigenvalue weighted by atomic mass is 79.9. The second-order valence-electron chi connectivity index (χ2n) is 3.63. The highest BCUT2D eigenvalue weighted by Crippen LogP contribution is 2.41. The fourth-order valence-corrected chi connectivity index (χ4v) is 1.99. The van der Waals surface area contributed by atoms with Gasteiger partial charge in [0.1, 0.15) is 5.82 Å². The molecule has 0 spiro atoms. The Kier molecular flexibility index (Phi) is 2.82. The average molecular weight is 279 g/mol. The third-order valence-electron chi connectivity index (χ3n) is 2.55. The zero-order valence-corrected chi connectivity index (χ0v) is 9.78. The van der Waals surface area contributed by atoms with E-state index in [2.05, 4.69) is 15.9 Å². The summed E-state index contributed by atoms with van der Waals surface area (Å²) < 4.78 is 14.2. The Morgan fingerprint density at radius 1 is 1.50 bits per heavy atom. The minimum absolute atomic E-state index is 0.124. The van der Waals surface area contributed by atoms with E-state index in [1.54, 1.807) is 12.1 Å². The molecule has 0 amide bonds. The van der Waals surface area contributed by atoms with Gasteiger partial charge in [-0.15, -0.1) is 0 Å². The van der Waals surface area contributed by atoms with Crippen LogP contribution in [-0.2, 0) is 0 Å². The second kappa shape index (κ2) is 3.80. The molecular formula is C10H10BrClFN. The van der Waals surface area contributed by atoms with Gasteiger partial charge in [0, 0.05) is 16.1 Å². The third kappa shape index (κ3) is 1.81. The maximum absolute atomic E-state index is 13.7. The molecule has 2 N–H and O–H groups in total. The number of hydrogen-bond acceptors (Lipinski definition) is 1. The van der Waals surface area contributed by atoms with Crippen LogP contribution < -0.4 is 5.73 Å². The lowest BCUT2D eigenvalue weighted by atomic mass is 10.0. The molecule has 1 unspecified atom stereocenters. The van der Waals surface area contributed by atoms with Gasteiger partial charge in [-0.3, -0.25) is 0 Å². The molecule has 0 aliphatic heterocycles. The maximum Gasteiger partial charge on any atom is 0.147 e. The molecule has 76 valence electrons. The zero-order chi connectivity index (χ0) is 10.3. The molecule has 0 heterocycles. The lowest BCUT2D eigenvalue weighted by Gasteiger charge is -2.13. The number of halogens is 3. The minimum Gasteiger partial charge on any atom is -0.324 e. The molecule has 1 nitrogen and oxygen atoms in total. The predicted octanol–water partition coefficient (Wildman–Crippen LogP) is 3.65. The molecule has 0 saturated heterocycles. The van der Waals surface area contributed by atoms with Crippen LogP contribution in [0.3, 0.4) is 0 Å². The summed E-state index contributed by atoms with van der Waals surface area (Å²) in [5.41, 5.74) is 6.43. The zero-order valence-electron chi connectivity index (χ0n) is 7.43. The van der Waals surface area contributed by atoms with Crippen molar-refractivity contribution in [2.24, 2.45) is 11.7 Å². The van der Waals surface area contributed by atoms with Gasteiger partial charge in [-0.25, -0.2) is 4.39 Å². The average Bonchev–Trinajstić information content (AvgIpc) is 2.97. The fourth-order valence-electron chi connectivity index (χ4n) is 1.51. The minimum atomic E-state index is -0.388. The van der Waals surface area contributed by atoms with Crippen molar-refractivity contribution in [3.05, 3.63) is 33.0 Å². The molecule has 14 heavy (non-hydrogen) atoms. The Morgan fingerprint density at radius 2 is 2.14 bits per heavy atom. The first kappa shape index (κ1) is 10.4. The smallest absolute Gasteiger partial charge is 0.147 e. The largest absolute Gasteiger partial charge is 0.324 e. The SMILES string of the molecule is NC(c1ccc(Br)c(Cl)c1F)C1CC1. The van der Waals surface area contributed by atoms with E-state index in [1.165, 1.54) is 0 Å². The quantitative estimate of drug-likeness (QED) is 0.821. The van der Waals surface area contributed by atoms with Crippen LogP contribution in [0.15, 0.2) is 16.6 Å². The van der Waals surface area contributed by atoms with Crippen molar-refractivity contribution >= 4 is 27.5 Å². The van der Waals surface area contributed by atoms with Crippen molar-refractivity contribution in [1.82, 2.24) is 0 Å². The molecule has 1 atom stereocenters. The Balaban J connectivity index is 2.38. The van der Waals surface area contributed by atoms with Gasteiger partial charge in [0.05, 0.1) is 5.02 Å². The molecule has 1 aromatic carbocycles. The maximum atomic E-state index is 13.7. The van der Waals surface area contributed by atoms with E-state index in [9.17, 15) is 4.39 Å². The monoisotopic (exact) mass is 277 g/mol. The van der Waals surface area contributed by atoms with Crippen LogP contribution in [0.2, 0.25) is 5.02 Å². The molecule has 1 aliphatic carbocycles. The first-order valence-corrected chi connectivity index (χ1v) is 5.67. The fraction of sp³-hybridized carbons (Fsp3) is 0.400. The van der Waals surface area contributed by atoms with Crippen LogP contribution in [0.25, 0.3) is 0 Å². The van der Waals surface area contributed by atoms with Gasteiger partial charge in [0.15, 0.2) is 0 Å². The van der Waals surface area contributed by atoms with E-state index in [0.717, 1.165) is 12.8 Å². The highest BCUT2D eigenvalue weighted by molar-refractivity contribution is 9.10. The van der Waals surface area contributed by atoms with Crippen molar-refractivity contribution < 1.29 is 4.39 Å². The summed E-state index contributed by atoms with van der Waals surface area (Å²) in [7, 11) is 0. The molecule has 0 radical (unpaired) electrons. The van der Waals surface area contributed by atoms with Crippen molar-refractivity contribution in [1.29, 1.82) is 0 Å². The Labute approximate surface area is 95.6 Å². The second-order valence-corrected chi connectivity index (χ2v) is 4.86. The van der Waals surface area contributed by atoms with Crippen molar-refractivity contribution in [3.8, 4) is 0 Å². The molecule has 1 aromatic rings. The Bertz CT molecular complexity index is 365. The summed E-state index contributed by atoms with van der Waals surface area (Å²) >= 11 is 8.94. The van der Waals surface area contributed by atoms with Crippen molar-refractivity contribution in [2.45, 2.75) is 18.9 Å². The Hall–Kier alpha value is -0.120. The first-order chi connectivity index (χ1) is 6.61. The number of benzene rings is 1. The summed E-state index contributed by atoms with van der Waals surface area (Å²) in [6, 6.07) is 3.23. The standard InChI is InChI=1S/C10H10BrClFN/c11-7-4-3-6(9(13)8(7)12)10(14)5-1-2-5/h3-5,10H,1-2,14H2. The molecule has 0 aromatic heterocycles. The number of nitrogens with two attached hydrogens (primary N) is 1. The van der Waals surface area contributed by atoms with Crippen LogP contribution in [-0.4, -0.2) is 0 Å². The van der Waals surface area contributed by atoms with E-state index >= 15 is 0 Å². The summed E-state index contributed by atoms with van der Waals surface area (Å²) in [5, 5.41) is 0.124. The molecule has 1 fully saturated rings. The van der Waals surface area contributed by atoms with Gasteiger partial charge in [-0.2, -0.15) is 0 Å². The summed E-state index contributed by atoms with van der Waals surface area (Å²) in [6.07, 6.45) is 2.18. The molecule has 1 saturated carbocycles. The molecular weight excluding hydrogens is 268 g/mol. The number of hydrogen-bond donors (Lipinski definition) is 1. The van der Waals surface area contributed by atoms with Gasteiger partial charge < -0.3 is 5.73 Å². The van der Waals surface area contributed by atoms with Crippen LogP contribution in [0.4, 0.5) is 4.39 Å². The van der Waals surface area contributed by atoms with Gasteiger partial charge in [0.2, 0.25) is 0 Å². The van der Waals surface area contributed by atoms with Crippen molar-refractivity contribution in [3.63, 3.8) is 0 Å². The van der Waals surface area contributed by atoms with Crippen LogP contribution in [0.1, 0.15) is 24.4 Å². The molecule has 1 aliphatic rings. The van der Waals surface area contributed by atoms with Gasteiger partial charge >= 0.3 is 0 Å². The van der Waals surface area contributed by atoms with Crippen LogP contribution in [0.5, 0.6) is 0 Å².